The summed E-state index contributed by atoms with van der Waals surface area (Å²) in [5.74, 6) is -1.08. The van der Waals surface area contributed by atoms with Gasteiger partial charge < -0.3 is 15.2 Å². The van der Waals surface area contributed by atoms with Gasteiger partial charge in [-0.25, -0.2) is 8.81 Å². The van der Waals surface area contributed by atoms with Gasteiger partial charge in [0.15, 0.2) is 6.10 Å². The van der Waals surface area contributed by atoms with Crippen LogP contribution < -0.4 is 10.5 Å². The van der Waals surface area contributed by atoms with Crippen molar-refractivity contribution in [3.63, 3.8) is 0 Å². The van der Waals surface area contributed by atoms with Crippen LogP contribution in [-0.4, -0.2) is 29.9 Å². The number of carbonyl (C=O) groups is 1. The minimum absolute atomic E-state index is 0.0429. The lowest BCUT2D eigenvalue weighted by Crippen LogP contribution is -2.30. The summed E-state index contributed by atoms with van der Waals surface area (Å²) < 4.78 is 25.7. The average Bonchev–Trinajstić information content (AvgIpc) is 2.67. The largest absolute Gasteiger partial charge is 0.497 e. The van der Waals surface area contributed by atoms with Crippen LogP contribution in [0.1, 0.15) is 29.7 Å². The van der Waals surface area contributed by atoms with E-state index >= 15 is 0 Å². The molecule has 0 radical (unpaired) electrons. The normalized spacial score (nSPS) is 11.8. The molecule has 3 N–H and O–H groups in total. The fourth-order valence-electron chi connectivity index (χ4n) is 2.51. The lowest BCUT2D eigenvalue weighted by atomic mass is 10.1. The molecule has 0 bridgehead atoms. The summed E-state index contributed by atoms with van der Waals surface area (Å²) in [7, 11) is 1.42. The molecule has 0 aliphatic heterocycles. The minimum atomic E-state index is -1.22. The van der Waals surface area contributed by atoms with Crippen molar-refractivity contribution in [1.29, 1.82) is 5.41 Å². The van der Waals surface area contributed by atoms with Crippen molar-refractivity contribution in [1.82, 2.24) is 4.42 Å². The topological polar surface area (TPSA) is 88.6 Å². The highest BCUT2D eigenvalue weighted by molar-refractivity contribution is 6.32. The Bertz CT molecular complexity index is 879. The Morgan fingerprint density at radius 1 is 1.32 bits per heavy atom. The van der Waals surface area contributed by atoms with Crippen molar-refractivity contribution in [3.8, 4) is 5.75 Å². The van der Waals surface area contributed by atoms with Crippen LogP contribution in [0.15, 0.2) is 36.4 Å². The summed E-state index contributed by atoms with van der Waals surface area (Å²) in [5, 5.41) is 7.73. The average molecular weight is 428 g/mol. The molecule has 0 aromatic heterocycles. The van der Waals surface area contributed by atoms with Gasteiger partial charge in [0.1, 0.15) is 17.4 Å². The molecule has 0 saturated heterocycles. The summed E-state index contributed by atoms with van der Waals surface area (Å²) in [4.78, 5) is 12.8. The molecule has 2 aromatic carbocycles. The lowest BCUT2D eigenvalue weighted by molar-refractivity contribution is -0.139. The van der Waals surface area contributed by atoms with Gasteiger partial charge in [-0.3, -0.25) is 10.2 Å². The van der Waals surface area contributed by atoms with Gasteiger partial charge in [-0.05, 0) is 30.7 Å². The van der Waals surface area contributed by atoms with E-state index in [2.05, 4.69) is 0 Å². The highest BCUT2D eigenvalue weighted by atomic mass is 35.5. The molecule has 0 spiro atoms. The highest BCUT2D eigenvalue weighted by Crippen LogP contribution is 2.28. The van der Waals surface area contributed by atoms with Crippen LogP contribution in [0.4, 0.5) is 4.39 Å². The molecular weight excluding hydrogens is 408 g/mol. The molecular formula is C19H20Cl2FN3O3. The standard InChI is InChI=1S/C19H20Cl2FN3O3/c1-3-28-17(14-7-6-13(27-2)9-16(14)22)19(26)25(21)10-12-5-4-11(18(23)24)8-15(12)20/h4-9,17H,3,10H2,1-2H3,(H3,23,24). The van der Waals surface area contributed by atoms with Gasteiger partial charge in [-0.1, -0.05) is 23.7 Å². The van der Waals surface area contributed by atoms with E-state index in [4.69, 9.17) is 44.0 Å². The number of nitrogen functional groups attached to an aromatic ring is 1. The summed E-state index contributed by atoms with van der Waals surface area (Å²) in [6.45, 7) is 1.83. The van der Waals surface area contributed by atoms with E-state index in [1.165, 1.54) is 31.4 Å². The molecule has 1 atom stereocenters. The second-order valence-corrected chi connectivity index (χ2v) is 6.62. The van der Waals surface area contributed by atoms with E-state index in [0.29, 0.717) is 21.9 Å². The Morgan fingerprint density at radius 2 is 2.04 bits per heavy atom. The number of carbonyl (C=O) groups excluding carboxylic acids is 1. The number of ether oxygens (including phenoxy) is 2. The first-order chi connectivity index (χ1) is 13.3. The van der Waals surface area contributed by atoms with Gasteiger partial charge in [0.05, 0.1) is 13.7 Å². The number of nitrogens with two attached hydrogens (primary N) is 1. The molecule has 6 nitrogen and oxygen atoms in total. The summed E-state index contributed by atoms with van der Waals surface area (Å²) in [5.41, 5.74) is 6.47. The smallest absolute Gasteiger partial charge is 0.271 e. The van der Waals surface area contributed by atoms with Crippen molar-refractivity contribution >= 4 is 35.1 Å². The van der Waals surface area contributed by atoms with Crippen LogP contribution in [0, 0.1) is 11.2 Å². The molecule has 9 heteroatoms. The summed E-state index contributed by atoms with van der Waals surface area (Å²) >= 11 is 12.3. The molecule has 0 fully saturated rings. The Labute approximate surface area is 172 Å². The zero-order valence-electron chi connectivity index (χ0n) is 15.3. The monoisotopic (exact) mass is 427 g/mol. The van der Waals surface area contributed by atoms with Crippen molar-refractivity contribution in [2.75, 3.05) is 13.7 Å². The Morgan fingerprint density at radius 3 is 2.57 bits per heavy atom. The van der Waals surface area contributed by atoms with Crippen LogP contribution in [0.2, 0.25) is 5.02 Å². The Balaban J connectivity index is 2.24. The molecule has 0 heterocycles. The summed E-state index contributed by atoms with van der Waals surface area (Å²) in [6.07, 6.45) is -1.22. The van der Waals surface area contributed by atoms with Gasteiger partial charge in [-0.15, -0.1) is 0 Å². The van der Waals surface area contributed by atoms with Gasteiger partial charge in [0, 0.05) is 40.6 Å². The zero-order valence-corrected chi connectivity index (χ0v) is 16.9. The molecule has 1 unspecified atom stereocenters. The number of amides is 1. The van der Waals surface area contributed by atoms with E-state index in [1.54, 1.807) is 19.1 Å². The number of rotatable bonds is 8. The first kappa shape index (κ1) is 21.9. The predicted octanol–water partition coefficient (Wildman–Crippen LogP) is 4.03. The Hall–Kier alpha value is -2.35. The van der Waals surface area contributed by atoms with Gasteiger partial charge in [0.2, 0.25) is 0 Å². The molecule has 0 saturated carbocycles. The highest BCUT2D eigenvalue weighted by Gasteiger charge is 2.29. The van der Waals surface area contributed by atoms with Crippen LogP contribution >= 0.6 is 23.4 Å². The predicted molar refractivity (Wildman–Crippen MR) is 106 cm³/mol. The second kappa shape index (κ2) is 9.73. The van der Waals surface area contributed by atoms with Crippen molar-refractivity contribution in [3.05, 3.63) is 63.9 Å². The first-order valence-electron chi connectivity index (χ1n) is 8.33. The third-order valence-corrected chi connectivity index (χ3v) is 4.60. The zero-order chi connectivity index (χ0) is 20.8. The van der Waals surface area contributed by atoms with Crippen LogP contribution in [0.5, 0.6) is 5.75 Å². The third-order valence-electron chi connectivity index (χ3n) is 3.96. The van der Waals surface area contributed by atoms with Crippen molar-refractivity contribution < 1.29 is 18.7 Å². The second-order valence-electron chi connectivity index (χ2n) is 5.80. The van der Waals surface area contributed by atoms with Crippen LogP contribution in [0.3, 0.4) is 0 Å². The van der Waals surface area contributed by atoms with Gasteiger partial charge in [0.25, 0.3) is 5.91 Å². The number of benzene rings is 2. The number of nitrogens with one attached hydrogen (secondary N) is 1. The van der Waals surface area contributed by atoms with E-state index in [0.717, 1.165) is 4.42 Å². The first-order valence-corrected chi connectivity index (χ1v) is 9.05. The van der Waals surface area contributed by atoms with Gasteiger partial charge in [-0.2, -0.15) is 0 Å². The number of halogens is 3. The van der Waals surface area contributed by atoms with E-state index in [1.807, 2.05) is 0 Å². The van der Waals surface area contributed by atoms with Gasteiger partial charge >= 0.3 is 0 Å². The number of hydrogen-bond donors (Lipinski definition) is 2. The fourth-order valence-corrected chi connectivity index (χ4v) is 2.96. The fraction of sp³-hybridized carbons (Fsp3) is 0.263. The van der Waals surface area contributed by atoms with E-state index in [-0.39, 0.29) is 24.6 Å². The maximum atomic E-state index is 14.4. The minimum Gasteiger partial charge on any atom is -0.497 e. The van der Waals surface area contributed by atoms with E-state index < -0.39 is 17.8 Å². The lowest BCUT2D eigenvalue weighted by Gasteiger charge is -2.23. The SMILES string of the molecule is CCOC(C(=O)N(Cl)Cc1ccc(C(=N)N)cc1Cl)c1ccc(OC)cc1F. The quantitative estimate of drug-likeness (QED) is 0.378. The molecule has 150 valence electrons. The molecule has 2 aromatic rings. The van der Waals surface area contributed by atoms with Crippen molar-refractivity contribution in [2.24, 2.45) is 5.73 Å². The number of methoxy groups -OCH3 is 1. The molecule has 0 aliphatic carbocycles. The molecule has 1 amide bonds. The van der Waals surface area contributed by atoms with Crippen LogP contribution in [0.25, 0.3) is 0 Å². The number of nitrogens with zero attached hydrogens (tertiary/aromatic N) is 1. The Kier molecular flexibility index (Phi) is 7.62. The molecule has 2 rings (SSSR count). The number of hydrogen-bond acceptors (Lipinski definition) is 4. The van der Waals surface area contributed by atoms with Crippen LogP contribution in [-0.2, 0) is 16.1 Å². The van der Waals surface area contributed by atoms with E-state index in [9.17, 15) is 9.18 Å². The molecule has 0 aliphatic rings. The summed E-state index contributed by atoms with van der Waals surface area (Å²) in [6, 6.07) is 8.86. The maximum Gasteiger partial charge on any atom is 0.271 e. The van der Waals surface area contributed by atoms with Crippen molar-refractivity contribution in [2.45, 2.75) is 19.6 Å². The maximum absolute atomic E-state index is 14.4. The molecule has 28 heavy (non-hydrogen) atoms. The number of amidine groups is 1. The third kappa shape index (κ3) is 5.13.